The molecule has 2 N–H and O–H groups in total. The second kappa shape index (κ2) is 12.0. The average Bonchev–Trinajstić information content (AvgIpc) is 3.27. The molecule has 2 saturated carbocycles. The molecule has 3 rings (SSSR count). The Kier molecular flexibility index (Phi) is 9.42. The third-order valence-electron chi connectivity index (χ3n) is 6.97. The van der Waals surface area contributed by atoms with Crippen LogP contribution in [0.15, 0.2) is 23.8 Å². The van der Waals surface area contributed by atoms with E-state index in [-0.39, 0.29) is 17.9 Å². The van der Waals surface area contributed by atoms with E-state index in [1.165, 1.54) is 5.57 Å². The van der Waals surface area contributed by atoms with Crippen LogP contribution in [0.1, 0.15) is 39.5 Å². The molecule has 6 atom stereocenters. The number of morpholine rings is 1. The topological polar surface area (TPSA) is 62.2 Å². The first-order chi connectivity index (χ1) is 14.6. The van der Waals surface area contributed by atoms with Crippen LogP contribution in [-0.4, -0.2) is 73.4 Å². The number of aliphatic hydroxyl groups is 2. The van der Waals surface area contributed by atoms with E-state index in [2.05, 4.69) is 28.9 Å². The van der Waals surface area contributed by atoms with Crippen LogP contribution in [0.3, 0.4) is 0 Å². The van der Waals surface area contributed by atoms with Gasteiger partial charge in [0.25, 0.3) is 0 Å². The van der Waals surface area contributed by atoms with Gasteiger partial charge in [-0.3, -0.25) is 4.90 Å². The standard InChI is InChI=1S/C25H39NO4/c1-3-4-5-19(2)24(27)7-6-22-23-17-20(16-21(23)18-25(22)28)8-12-29-13-9-26-10-14-30-15-11-26/h6-8,19,21-25,27-28H,5,9-18H2,1-2H3/t19-,21+,22-,23+,24-,25-/m1/s1. The minimum Gasteiger partial charge on any atom is -0.392 e. The highest BCUT2D eigenvalue weighted by Gasteiger charge is 2.45. The minimum absolute atomic E-state index is 0.108. The molecule has 0 aromatic carbocycles. The number of nitrogens with zero attached hydrogens (tertiary/aromatic N) is 1. The Bertz CT molecular complexity index is 643. The summed E-state index contributed by atoms with van der Waals surface area (Å²) in [7, 11) is 0. The SMILES string of the molecule is CC#CC[C@@H](C)[C@H](O)C=C[C@@H]1[C@H]2CC(=CCOCCN3CCOCC3)C[C@H]2C[C@H]1O. The van der Waals surface area contributed by atoms with Crippen LogP contribution in [0.4, 0.5) is 0 Å². The molecule has 1 aliphatic heterocycles. The molecule has 1 heterocycles. The summed E-state index contributed by atoms with van der Waals surface area (Å²) in [4.78, 5) is 2.39. The van der Waals surface area contributed by atoms with Gasteiger partial charge >= 0.3 is 0 Å². The Morgan fingerprint density at radius 1 is 1.30 bits per heavy atom. The summed E-state index contributed by atoms with van der Waals surface area (Å²) in [6, 6.07) is 0. The van der Waals surface area contributed by atoms with Crippen LogP contribution >= 0.6 is 0 Å². The van der Waals surface area contributed by atoms with Crippen molar-refractivity contribution in [2.75, 3.05) is 46.1 Å². The highest BCUT2D eigenvalue weighted by Crippen LogP contribution is 2.50. The lowest BCUT2D eigenvalue weighted by molar-refractivity contribution is 0.0233. The molecule has 5 heteroatoms. The van der Waals surface area contributed by atoms with E-state index >= 15 is 0 Å². The van der Waals surface area contributed by atoms with Gasteiger partial charge in [-0.25, -0.2) is 0 Å². The van der Waals surface area contributed by atoms with Gasteiger partial charge in [-0.15, -0.1) is 11.8 Å². The largest absolute Gasteiger partial charge is 0.392 e. The highest BCUT2D eigenvalue weighted by atomic mass is 16.5. The number of hydrogen-bond donors (Lipinski definition) is 2. The third kappa shape index (κ3) is 6.67. The van der Waals surface area contributed by atoms with Gasteiger partial charge in [0.1, 0.15) is 0 Å². The first-order valence-corrected chi connectivity index (χ1v) is 11.6. The molecule has 0 amide bonds. The maximum absolute atomic E-state index is 10.5. The molecule has 3 aliphatic rings. The summed E-state index contributed by atoms with van der Waals surface area (Å²) in [6.45, 7) is 9.92. The molecular formula is C25H39NO4. The number of ether oxygens (including phenoxy) is 2. The lowest BCUT2D eigenvalue weighted by Gasteiger charge is -2.26. The van der Waals surface area contributed by atoms with Crippen molar-refractivity contribution in [1.29, 1.82) is 0 Å². The third-order valence-corrected chi connectivity index (χ3v) is 6.97. The molecule has 0 unspecified atom stereocenters. The molecule has 0 bridgehead atoms. The van der Waals surface area contributed by atoms with Gasteiger partial charge in [-0.05, 0) is 43.9 Å². The van der Waals surface area contributed by atoms with E-state index in [1.807, 2.05) is 19.9 Å². The maximum atomic E-state index is 10.5. The zero-order chi connectivity index (χ0) is 21.3. The number of aliphatic hydroxyl groups excluding tert-OH is 2. The van der Waals surface area contributed by atoms with E-state index in [9.17, 15) is 10.2 Å². The summed E-state index contributed by atoms with van der Waals surface area (Å²) in [5.41, 5.74) is 1.47. The summed E-state index contributed by atoms with van der Waals surface area (Å²) < 4.78 is 11.2. The second-order valence-electron chi connectivity index (χ2n) is 9.09. The Morgan fingerprint density at radius 3 is 2.87 bits per heavy atom. The Labute approximate surface area is 182 Å². The van der Waals surface area contributed by atoms with Gasteiger partial charge in [0.2, 0.25) is 0 Å². The summed E-state index contributed by atoms with van der Waals surface area (Å²) in [5, 5.41) is 20.9. The van der Waals surface area contributed by atoms with Crippen LogP contribution in [0.25, 0.3) is 0 Å². The smallest absolute Gasteiger partial charge is 0.0755 e. The van der Waals surface area contributed by atoms with Gasteiger partial charge < -0.3 is 19.7 Å². The predicted molar refractivity (Wildman–Crippen MR) is 119 cm³/mol. The summed E-state index contributed by atoms with van der Waals surface area (Å²) >= 11 is 0. The fraction of sp³-hybridized carbons (Fsp3) is 0.760. The Balaban J connectivity index is 1.42. The van der Waals surface area contributed by atoms with E-state index in [1.54, 1.807) is 0 Å². The molecule has 1 saturated heterocycles. The van der Waals surface area contributed by atoms with Crippen molar-refractivity contribution in [2.24, 2.45) is 23.7 Å². The van der Waals surface area contributed by atoms with Crippen molar-refractivity contribution >= 4 is 0 Å². The van der Waals surface area contributed by atoms with Crippen molar-refractivity contribution < 1.29 is 19.7 Å². The van der Waals surface area contributed by atoms with Crippen LogP contribution in [0.5, 0.6) is 0 Å². The zero-order valence-electron chi connectivity index (χ0n) is 18.6. The number of hydrogen-bond acceptors (Lipinski definition) is 5. The molecule has 2 aliphatic carbocycles. The minimum atomic E-state index is -0.506. The van der Waals surface area contributed by atoms with Crippen LogP contribution in [0, 0.1) is 35.5 Å². The molecule has 30 heavy (non-hydrogen) atoms. The molecule has 3 fully saturated rings. The van der Waals surface area contributed by atoms with E-state index in [4.69, 9.17) is 9.47 Å². The van der Waals surface area contributed by atoms with Gasteiger partial charge in [-0.2, -0.15) is 0 Å². The second-order valence-corrected chi connectivity index (χ2v) is 9.09. The van der Waals surface area contributed by atoms with Gasteiger partial charge in [-0.1, -0.05) is 30.7 Å². The van der Waals surface area contributed by atoms with E-state index in [0.29, 0.717) is 24.9 Å². The normalized spacial score (nSPS) is 32.9. The number of allylic oxidation sites excluding steroid dienone is 1. The first kappa shape index (κ1) is 23.5. The zero-order valence-corrected chi connectivity index (χ0v) is 18.6. The van der Waals surface area contributed by atoms with Crippen molar-refractivity contribution in [1.82, 2.24) is 4.90 Å². The van der Waals surface area contributed by atoms with E-state index in [0.717, 1.165) is 58.7 Å². The van der Waals surface area contributed by atoms with Gasteiger partial charge in [0.15, 0.2) is 0 Å². The fourth-order valence-electron chi connectivity index (χ4n) is 5.03. The maximum Gasteiger partial charge on any atom is 0.0755 e. The molecule has 0 aromatic heterocycles. The Morgan fingerprint density at radius 2 is 2.10 bits per heavy atom. The van der Waals surface area contributed by atoms with Crippen LogP contribution in [-0.2, 0) is 9.47 Å². The molecule has 168 valence electrons. The molecular weight excluding hydrogens is 378 g/mol. The first-order valence-electron chi connectivity index (χ1n) is 11.6. The quantitative estimate of drug-likeness (QED) is 0.343. The molecule has 0 spiro atoms. The highest BCUT2D eigenvalue weighted by molar-refractivity contribution is 5.18. The summed E-state index contributed by atoms with van der Waals surface area (Å²) in [5.74, 6) is 7.20. The van der Waals surface area contributed by atoms with Crippen LogP contribution < -0.4 is 0 Å². The lowest BCUT2D eigenvalue weighted by Crippen LogP contribution is -2.38. The summed E-state index contributed by atoms with van der Waals surface area (Å²) in [6.07, 6.45) is 9.08. The molecule has 0 radical (unpaired) electrons. The van der Waals surface area contributed by atoms with E-state index < -0.39 is 6.10 Å². The number of fused-ring (bicyclic) bond motifs is 1. The molecule has 5 nitrogen and oxygen atoms in total. The lowest BCUT2D eigenvalue weighted by atomic mass is 9.89. The number of rotatable bonds is 9. The van der Waals surface area contributed by atoms with Crippen molar-refractivity contribution in [3.8, 4) is 11.8 Å². The van der Waals surface area contributed by atoms with Gasteiger partial charge in [0.05, 0.1) is 38.6 Å². The van der Waals surface area contributed by atoms with Crippen LogP contribution in [0.2, 0.25) is 0 Å². The monoisotopic (exact) mass is 417 g/mol. The molecule has 0 aromatic rings. The van der Waals surface area contributed by atoms with Crippen molar-refractivity contribution in [2.45, 2.75) is 51.7 Å². The average molecular weight is 418 g/mol. The predicted octanol–water partition coefficient (Wildman–Crippen LogP) is 2.64. The Hall–Kier alpha value is -1.16. The van der Waals surface area contributed by atoms with Gasteiger partial charge in [0, 0.05) is 32.0 Å². The fourth-order valence-corrected chi connectivity index (χ4v) is 5.03. The van der Waals surface area contributed by atoms with Crippen molar-refractivity contribution in [3.05, 3.63) is 23.8 Å². The van der Waals surface area contributed by atoms with Crippen molar-refractivity contribution in [3.63, 3.8) is 0 Å².